The summed E-state index contributed by atoms with van der Waals surface area (Å²) < 4.78 is 0. The average molecular weight is 292 g/mol. The molecule has 0 spiro atoms. The van der Waals surface area contributed by atoms with Crippen LogP contribution in [0.4, 0.5) is 0 Å². The van der Waals surface area contributed by atoms with E-state index < -0.39 is 0 Å². The van der Waals surface area contributed by atoms with Gasteiger partial charge in [0.2, 0.25) is 0 Å². The maximum absolute atomic E-state index is 9.87. The topological polar surface area (TPSA) is 52.5 Å². The second-order valence-corrected chi connectivity index (χ2v) is 5.25. The van der Waals surface area contributed by atoms with Gasteiger partial charge in [0, 0.05) is 17.1 Å². The van der Waals surface area contributed by atoms with Crippen LogP contribution in [-0.2, 0) is 0 Å². The van der Waals surface area contributed by atoms with E-state index in [0.29, 0.717) is 10.6 Å². The van der Waals surface area contributed by atoms with Crippen molar-refractivity contribution in [3.63, 3.8) is 0 Å². The van der Waals surface area contributed by atoms with Gasteiger partial charge in [0.25, 0.3) is 0 Å². The summed E-state index contributed by atoms with van der Waals surface area (Å²) in [6, 6.07) is 12.1. The highest BCUT2D eigenvalue weighted by atomic mass is 35.5. The van der Waals surface area contributed by atoms with Gasteiger partial charge in [-0.3, -0.25) is 0 Å². The molecule has 0 aliphatic carbocycles. The van der Waals surface area contributed by atoms with Crippen LogP contribution in [0.5, 0.6) is 11.5 Å². The number of benzene rings is 2. The van der Waals surface area contributed by atoms with E-state index in [4.69, 9.17) is 11.6 Å². The average Bonchev–Trinajstić information content (AvgIpc) is 2.38. The fraction of sp³-hybridized carbons (Fsp3) is 0.250. The third-order valence-electron chi connectivity index (χ3n) is 3.36. The van der Waals surface area contributed by atoms with Crippen molar-refractivity contribution in [2.45, 2.75) is 25.9 Å². The molecule has 0 radical (unpaired) electrons. The van der Waals surface area contributed by atoms with Gasteiger partial charge in [0.1, 0.15) is 11.5 Å². The fourth-order valence-electron chi connectivity index (χ4n) is 2.36. The van der Waals surface area contributed by atoms with Crippen molar-refractivity contribution < 1.29 is 10.2 Å². The van der Waals surface area contributed by atoms with E-state index in [1.807, 2.05) is 38.1 Å². The van der Waals surface area contributed by atoms with Gasteiger partial charge in [-0.25, -0.2) is 0 Å². The molecule has 0 bridgehead atoms. The normalized spacial score (nSPS) is 13.9. The first-order chi connectivity index (χ1) is 9.50. The highest BCUT2D eigenvalue weighted by molar-refractivity contribution is 6.31. The molecule has 106 valence electrons. The van der Waals surface area contributed by atoms with Gasteiger partial charge >= 0.3 is 0 Å². The molecule has 0 heterocycles. The lowest BCUT2D eigenvalue weighted by molar-refractivity contribution is 0.407. The number of hydrogen-bond donors (Lipinski definition) is 3. The monoisotopic (exact) mass is 291 g/mol. The molecule has 2 aromatic rings. The van der Waals surface area contributed by atoms with Crippen LogP contribution in [0.15, 0.2) is 42.5 Å². The molecule has 0 amide bonds. The van der Waals surface area contributed by atoms with E-state index >= 15 is 0 Å². The molecule has 2 rings (SSSR count). The zero-order chi connectivity index (χ0) is 14.7. The smallest absolute Gasteiger partial charge is 0.124 e. The van der Waals surface area contributed by atoms with Crippen molar-refractivity contribution in [3.05, 3.63) is 58.6 Å². The zero-order valence-corrected chi connectivity index (χ0v) is 12.2. The van der Waals surface area contributed by atoms with Crippen LogP contribution < -0.4 is 5.32 Å². The molecule has 4 heteroatoms. The van der Waals surface area contributed by atoms with Gasteiger partial charge in [-0.15, -0.1) is 0 Å². The molecular formula is C16H18ClNO2. The molecule has 0 aromatic heterocycles. The molecule has 2 atom stereocenters. The van der Waals surface area contributed by atoms with Crippen LogP contribution in [0.2, 0.25) is 5.02 Å². The number of phenols is 2. The highest BCUT2D eigenvalue weighted by Crippen LogP contribution is 2.34. The summed E-state index contributed by atoms with van der Waals surface area (Å²) in [4.78, 5) is 0. The van der Waals surface area contributed by atoms with Crippen LogP contribution in [0, 0.1) is 0 Å². The summed E-state index contributed by atoms with van der Waals surface area (Å²) >= 11 is 6.17. The number of halogens is 1. The van der Waals surface area contributed by atoms with Gasteiger partial charge < -0.3 is 15.5 Å². The Bertz CT molecular complexity index is 581. The van der Waals surface area contributed by atoms with Crippen molar-refractivity contribution in [2.75, 3.05) is 0 Å². The summed E-state index contributed by atoms with van der Waals surface area (Å²) in [5.41, 5.74) is 1.47. The predicted molar refractivity (Wildman–Crippen MR) is 81.2 cm³/mol. The number of phenolic OH excluding ortho intramolecular Hbond substituents is 2. The van der Waals surface area contributed by atoms with Crippen LogP contribution in [-0.4, -0.2) is 10.2 Å². The van der Waals surface area contributed by atoms with Gasteiger partial charge in [0.15, 0.2) is 0 Å². The third-order valence-corrected chi connectivity index (χ3v) is 3.71. The van der Waals surface area contributed by atoms with Crippen molar-refractivity contribution in [1.29, 1.82) is 0 Å². The Hall–Kier alpha value is -1.71. The van der Waals surface area contributed by atoms with Crippen LogP contribution in [0.25, 0.3) is 0 Å². The number of hydrogen-bond acceptors (Lipinski definition) is 3. The number of nitrogens with one attached hydrogen (secondary N) is 1. The molecule has 0 aliphatic heterocycles. The predicted octanol–water partition coefficient (Wildman–Crippen LogP) is 4.16. The van der Waals surface area contributed by atoms with Crippen molar-refractivity contribution in [2.24, 2.45) is 0 Å². The molecule has 2 aromatic carbocycles. The largest absolute Gasteiger partial charge is 0.507 e. The molecule has 0 aliphatic rings. The first-order valence-corrected chi connectivity index (χ1v) is 6.89. The Labute approximate surface area is 123 Å². The van der Waals surface area contributed by atoms with E-state index in [1.54, 1.807) is 18.2 Å². The van der Waals surface area contributed by atoms with Crippen LogP contribution in [0.1, 0.15) is 37.1 Å². The van der Waals surface area contributed by atoms with Gasteiger partial charge in [0.05, 0.1) is 5.56 Å². The maximum atomic E-state index is 9.87. The molecule has 0 saturated heterocycles. The lowest BCUT2D eigenvalue weighted by Gasteiger charge is -2.22. The molecule has 1 unspecified atom stereocenters. The molecule has 3 nitrogen and oxygen atoms in total. The highest BCUT2D eigenvalue weighted by Gasteiger charge is 2.18. The molecule has 3 N–H and O–H groups in total. The van der Waals surface area contributed by atoms with E-state index in [9.17, 15) is 10.2 Å². The van der Waals surface area contributed by atoms with E-state index in [2.05, 4.69) is 5.32 Å². The second kappa shape index (κ2) is 6.16. The van der Waals surface area contributed by atoms with Crippen molar-refractivity contribution in [3.8, 4) is 11.5 Å². The Morgan fingerprint density at radius 2 is 1.50 bits per heavy atom. The minimum absolute atomic E-state index is 0.00212. The molecule has 20 heavy (non-hydrogen) atoms. The maximum Gasteiger partial charge on any atom is 0.124 e. The zero-order valence-electron chi connectivity index (χ0n) is 11.5. The summed E-state index contributed by atoms with van der Waals surface area (Å²) in [5.74, 6) is 0.160. The van der Waals surface area contributed by atoms with E-state index in [0.717, 1.165) is 5.56 Å². The van der Waals surface area contributed by atoms with Gasteiger partial charge in [-0.1, -0.05) is 35.9 Å². The standard InChI is InChI=1S/C16H18ClNO2/c1-10(12-6-3-4-7-13(12)17)18-11(2)16-14(19)8-5-9-15(16)20/h3-11,18-20H,1-2H3/t10-,11?/m1/s1. The molecule has 0 saturated carbocycles. The Kier molecular flexibility index (Phi) is 4.53. The van der Waals surface area contributed by atoms with Gasteiger partial charge in [-0.05, 0) is 37.6 Å². The Morgan fingerprint density at radius 3 is 2.10 bits per heavy atom. The molecule has 0 fully saturated rings. The quantitative estimate of drug-likeness (QED) is 0.793. The number of rotatable bonds is 4. The first-order valence-electron chi connectivity index (χ1n) is 6.52. The lowest BCUT2D eigenvalue weighted by Crippen LogP contribution is -2.22. The Balaban J connectivity index is 2.20. The van der Waals surface area contributed by atoms with Gasteiger partial charge in [-0.2, -0.15) is 0 Å². The van der Waals surface area contributed by atoms with E-state index in [1.165, 1.54) is 0 Å². The summed E-state index contributed by atoms with van der Waals surface area (Å²) in [6.45, 7) is 3.89. The minimum Gasteiger partial charge on any atom is -0.507 e. The SMILES string of the molecule is CC(N[C@H](C)c1ccccc1Cl)c1c(O)cccc1O. The summed E-state index contributed by atoms with van der Waals surface area (Å²) in [6.07, 6.45) is 0. The minimum atomic E-state index is -0.206. The molecular weight excluding hydrogens is 274 g/mol. The second-order valence-electron chi connectivity index (χ2n) is 4.84. The summed E-state index contributed by atoms with van der Waals surface area (Å²) in [5, 5.41) is 23.8. The van der Waals surface area contributed by atoms with Crippen LogP contribution in [0.3, 0.4) is 0 Å². The third kappa shape index (κ3) is 3.06. The van der Waals surface area contributed by atoms with Crippen LogP contribution >= 0.6 is 11.6 Å². The first kappa shape index (κ1) is 14.7. The fourth-order valence-corrected chi connectivity index (χ4v) is 2.66. The van der Waals surface area contributed by atoms with E-state index in [-0.39, 0.29) is 23.6 Å². The number of aromatic hydroxyl groups is 2. The van der Waals surface area contributed by atoms with Crippen molar-refractivity contribution >= 4 is 11.6 Å². The summed E-state index contributed by atoms with van der Waals surface area (Å²) in [7, 11) is 0. The lowest BCUT2D eigenvalue weighted by atomic mass is 10.0. The Morgan fingerprint density at radius 1 is 0.900 bits per heavy atom. The van der Waals surface area contributed by atoms with Crippen molar-refractivity contribution in [1.82, 2.24) is 5.32 Å².